The van der Waals surface area contributed by atoms with Crippen LogP contribution in [0.2, 0.25) is 0 Å². The highest BCUT2D eigenvalue weighted by molar-refractivity contribution is 8.04. The van der Waals surface area contributed by atoms with Crippen molar-refractivity contribution in [3.05, 3.63) is 45.9 Å². The summed E-state index contributed by atoms with van der Waals surface area (Å²) in [4.78, 5) is 1.14. The highest BCUT2D eigenvalue weighted by Crippen LogP contribution is 2.46. The summed E-state index contributed by atoms with van der Waals surface area (Å²) in [6.45, 7) is 11.2. The van der Waals surface area contributed by atoms with Crippen LogP contribution in [0.4, 0.5) is 0 Å². The largest absolute Gasteiger partial charge is 0.364 e. The van der Waals surface area contributed by atoms with Gasteiger partial charge in [0.1, 0.15) is 4.93 Å². The van der Waals surface area contributed by atoms with Crippen molar-refractivity contribution in [3.63, 3.8) is 0 Å². The van der Waals surface area contributed by atoms with E-state index >= 15 is 0 Å². The minimum Gasteiger partial charge on any atom is -0.364 e. The molecule has 1 unspecified atom stereocenters. The zero-order chi connectivity index (χ0) is 14.3. The van der Waals surface area contributed by atoms with Crippen molar-refractivity contribution in [1.29, 1.82) is 0 Å². The predicted molar refractivity (Wildman–Crippen MR) is 85.1 cm³/mol. The number of rotatable bonds is 1. The Labute approximate surface area is 121 Å². The van der Waals surface area contributed by atoms with Gasteiger partial charge >= 0.3 is 0 Å². The number of hydrogen-bond donors (Lipinski definition) is 0. The molecule has 104 valence electrons. The molecule has 1 atom stereocenters. The second-order valence-electron chi connectivity index (χ2n) is 6.48. The number of hydrogen-bond acceptors (Lipinski definition) is 2. The van der Waals surface area contributed by atoms with Gasteiger partial charge in [-0.25, -0.2) is 0 Å². The molecule has 0 amide bonds. The quantitative estimate of drug-likeness (QED) is 0.648. The van der Waals surface area contributed by atoms with E-state index in [-0.39, 0.29) is 10.3 Å². The fourth-order valence-corrected chi connectivity index (χ4v) is 3.40. The van der Waals surface area contributed by atoms with Gasteiger partial charge in [0, 0.05) is 12.0 Å². The van der Waals surface area contributed by atoms with Crippen molar-refractivity contribution < 1.29 is 4.74 Å². The van der Waals surface area contributed by atoms with Crippen LogP contribution in [0.3, 0.4) is 0 Å². The molecule has 0 spiro atoms. The summed E-state index contributed by atoms with van der Waals surface area (Å²) < 4.78 is 5.61. The molecule has 0 N–H and O–H groups in total. The van der Waals surface area contributed by atoms with Gasteiger partial charge in [-0.15, -0.1) is 0 Å². The Bertz CT molecular complexity index is 500. The van der Waals surface area contributed by atoms with Crippen molar-refractivity contribution in [2.45, 2.75) is 46.0 Å². The number of methoxy groups -OCH3 is 1. The first-order valence-electron chi connectivity index (χ1n) is 6.81. The van der Waals surface area contributed by atoms with Crippen molar-refractivity contribution in [3.8, 4) is 0 Å². The Morgan fingerprint density at radius 3 is 2.58 bits per heavy atom. The van der Waals surface area contributed by atoms with Gasteiger partial charge in [0.25, 0.3) is 0 Å². The third-order valence-electron chi connectivity index (χ3n) is 3.73. The zero-order valence-corrected chi connectivity index (χ0v) is 13.6. The first-order chi connectivity index (χ1) is 8.75. The fraction of sp³-hybridized carbons (Fsp3) is 0.529. The number of thioether (sulfide) groups is 1. The Balaban J connectivity index is 2.46. The molecule has 2 aliphatic rings. The van der Waals surface area contributed by atoms with Crippen LogP contribution in [0.1, 0.15) is 41.0 Å². The van der Waals surface area contributed by atoms with Crippen LogP contribution >= 0.6 is 11.8 Å². The average Bonchev–Trinajstić information content (AvgIpc) is 2.49. The van der Waals surface area contributed by atoms with Crippen LogP contribution in [-0.2, 0) is 4.74 Å². The lowest BCUT2D eigenvalue weighted by atomic mass is 9.85. The number of ether oxygens (including phenoxy) is 1. The molecule has 1 aliphatic heterocycles. The van der Waals surface area contributed by atoms with Crippen LogP contribution in [0.5, 0.6) is 0 Å². The second-order valence-corrected chi connectivity index (χ2v) is 7.90. The maximum Gasteiger partial charge on any atom is 0.133 e. The highest BCUT2D eigenvalue weighted by atomic mass is 32.2. The van der Waals surface area contributed by atoms with Gasteiger partial charge in [-0.3, -0.25) is 0 Å². The Morgan fingerprint density at radius 2 is 2.00 bits per heavy atom. The van der Waals surface area contributed by atoms with Gasteiger partial charge < -0.3 is 4.74 Å². The lowest BCUT2D eigenvalue weighted by Crippen LogP contribution is -2.22. The summed E-state index contributed by atoms with van der Waals surface area (Å²) in [6, 6.07) is 0. The van der Waals surface area contributed by atoms with Crippen LogP contribution in [0.25, 0.3) is 0 Å². The Morgan fingerprint density at radius 1 is 1.32 bits per heavy atom. The molecule has 0 bridgehead atoms. The van der Waals surface area contributed by atoms with Crippen molar-refractivity contribution in [2.24, 2.45) is 5.41 Å². The van der Waals surface area contributed by atoms with Gasteiger partial charge in [-0.1, -0.05) is 56.3 Å². The molecule has 0 saturated heterocycles. The summed E-state index contributed by atoms with van der Waals surface area (Å²) in [5, 5.41) is 0. The normalized spacial score (nSPS) is 27.7. The average molecular weight is 276 g/mol. The topological polar surface area (TPSA) is 9.23 Å². The Kier molecular flexibility index (Phi) is 3.85. The monoisotopic (exact) mass is 276 g/mol. The SMILES string of the molecule is COC1(C)C=CC2=CC(C(C)(C)C)=CCC(C)=C2S1. The van der Waals surface area contributed by atoms with Crippen LogP contribution in [0, 0.1) is 5.41 Å². The molecule has 2 rings (SSSR count). The van der Waals surface area contributed by atoms with E-state index in [4.69, 9.17) is 4.74 Å². The summed E-state index contributed by atoms with van der Waals surface area (Å²) in [6.07, 6.45) is 10.1. The molecule has 19 heavy (non-hydrogen) atoms. The van der Waals surface area contributed by atoms with Gasteiger partial charge in [-0.05, 0) is 42.9 Å². The van der Waals surface area contributed by atoms with Gasteiger partial charge in [-0.2, -0.15) is 0 Å². The maximum atomic E-state index is 5.61. The first kappa shape index (κ1) is 14.7. The molecular formula is C17H24OS. The van der Waals surface area contributed by atoms with E-state index in [1.807, 2.05) is 11.8 Å². The standard InChI is InChI=1S/C17H24OS/c1-12-7-8-14(16(2,3)4)11-13-9-10-17(5,18-6)19-15(12)13/h8-11H,7H2,1-6H3. The maximum absolute atomic E-state index is 5.61. The van der Waals surface area contributed by atoms with Gasteiger partial charge in [0.15, 0.2) is 0 Å². The molecule has 0 aromatic heterocycles. The molecule has 1 aliphatic carbocycles. The number of allylic oxidation sites excluding steroid dienone is 6. The predicted octanol–water partition coefficient (Wildman–Crippen LogP) is 5.23. The molecule has 0 aromatic carbocycles. The molecule has 0 aromatic rings. The third-order valence-corrected chi connectivity index (χ3v) is 5.23. The zero-order valence-electron chi connectivity index (χ0n) is 12.8. The fourth-order valence-electron chi connectivity index (χ4n) is 2.27. The second kappa shape index (κ2) is 4.99. The minimum atomic E-state index is -0.236. The van der Waals surface area contributed by atoms with E-state index in [0.717, 1.165) is 6.42 Å². The summed E-state index contributed by atoms with van der Waals surface area (Å²) in [7, 11) is 1.78. The smallest absolute Gasteiger partial charge is 0.133 e. The van der Waals surface area contributed by atoms with E-state index in [0.29, 0.717) is 0 Å². The molecule has 0 radical (unpaired) electrons. The van der Waals surface area contributed by atoms with E-state index in [2.05, 4.69) is 58.9 Å². The van der Waals surface area contributed by atoms with Crippen molar-refractivity contribution in [1.82, 2.24) is 0 Å². The van der Waals surface area contributed by atoms with Crippen LogP contribution in [0.15, 0.2) is 45.9 Å². The molecular weight excluding hydrogens is 252 g/mol. The van der Waals surface area contributed by atoms with Crippen LogP contribution in [-0.4, -0.2) is 12.0 Å². The summed E-state index contributed by atoms with van der Waals surface area (Å²) in [5.74, 6) is 0. The lowest BCUT2D eigenvalue weighted by Gasteiger charge is -2.30. The van der Waals surface area contributed by atoms with Crippen molar-refractivity contribution in [2.75, 3.05) is 7.11 Å². The van der Waals surface area contributed by atoms with Gasteiger partial charge in [0.05, 0.1) is 0 Å². The van der Waals surface area contributed by atoms with Crippen LogP contribution < -0.4 is 0 Å². The minimum absolute atomic E-state index is 0.198. The third kappa shape index (κ3) is 3.06. The molecule has 2 heteroatoms. The van der Waals surface area contributed by atoms with E-state index in [1.165, 1.54) is 21.6 Å². The summed E-state index contributed by atoms with van der Waals surface area (Å²) in [5.41, 5.74) is 4.38. The molecule has 1 heterocycles. The lowest BCUT2D eigenvalue weighted by molar-refractivity contribution is 0.127. The molecule has 1 nitrogen and oxygen atoms in total. The van der Waals surface area contributed by atoms with E-state index in [9.17, 15) is 0 Å². The van der Waals surface area contributed by atoms with Crippen molar-refractivity contribution >= 4 is 11.8 Å². The first-order valence-corrected chi connectivity index (χ1v) is 7.63. The highest BCUT2D eigenvalue weighted by Gasteiger charge is 2.30. The number of fused-ring (bicyclic) bond motifs is 1. The summed E-state index contributed by atoms with van der Waals surface area (Å²) >= 11 is 1.82. The van der Waals surface area contributed by atoms with E-state index < -0.39 is 0 Å². The molecule has 0 fully saturated rings. The van der Waals surface area contributed by atoms with Gasteiger partial charge in [0.2, 0.25) is 0 Å². The molecule has 0 saturated carbocycles. The van der Waals surface area contributed by atoms with E-state index in [1.54, 1.807) is 7.11 Å². The Hall–Kier alpha value is -0.730.